The van der Waals surface area contributed by atoms with E-state index in [0.717, 1.165) is 12.8 Å². The molecule has 1 aromatic rings. The molecule has 5 heteroatoms. The lowest BCUT2D eigenvalue weighted by atomic mass is 10.1. The molecule has 0 radical (unpaired) electrons. The molecular weight excluding hydrogens is 283 g/mol. The third kappa shape index (κ3) is 5.72. The first-order valence-electron chi connectivity index (χ1n) is 7.69. The van der Waals surface area contributed by atoms with E-state index in [-0.39, 0.29) is 18.3 Å². The molecule has 0 bridgehead atoms. The van der Waals surface area contributed by atoms with Gasteiger partial charge >= 0.3 is 0 Å². The molecule has 0 N–H and O–H groups in total. The molecule has 1 unspecified atom stereocenters. The predicted octanol–water partition coefficient (Wildman–Crippen LogP) is 3.38. The first kappa shape index (κ1) is 18.0. The number of rotatable bonds is 9. The van der Waals surface area contributed by atoms with Crippen LogP contribution in [-0.2, 0) is 4.79 Å². The van der Waals surface area contributed by atoms with E-state index in [0.29, 0.717) is 25.3 Å². The number of hydrogen-bond acceptors (Lipinski definition) is 3. The molecule has 4 nitrogen and oxygen atoms in total. The molecule has 0 aliphatic heterocycles. The van der Waals surface area contributed by atoms with Gasteiger partial charge in [0, 0.05) is 19.5 Å². The Bertz CT molecular complexity index is 490. The first-order chi connectivity index (χ1) is 10.6. The van der Waals surface area contributed by atoms with Crippen molar-refractivity contribution in [3.8, 4) is 11.8 Å². The zero-order valence-corrected chi connectivity index (χ0v) is 13.2. The van der Waals surface area contributed by atoms with Gasteiger partial charge in [0.1, 0.15) is 17.5 Å². The van der Waals surface area contributed by atoms with Gasteiger partial charge in [-0.25, -0.2) is 4.39 Å². The maximum atomic E-state index is 12.8. The lowest BCUT2D eigenvalue weighted by Gasteiger charge is -2.23. The quantitative estimate of drug-likeness (QED) is 0.703. The van der Waals surface area contributed by atoms with E-state index >= 15 is 0 Å². The Kier molecular flexibility index (Phi) is 7.98. The summed E-state index contributed by atoms with van der Waals surface area (Å²) in [6.07, 6.45) is 2.07. The average Bonchev–Trinajstić information content (AvgIpc) is 2.52. The number of nitrogens with zero attached hydrogens (tertiary/aromatic N) is 2. The minimum absolute atomic E-state index is 0.131. The Hall–Kier alpha value is -2.09. The van der Waals surface area contributed by atoms with Crippen molar-refractivity contribution in [1.29, 1.82) is 5.26 Å². The Morgan fingerprint density at radius 2 is 1.86 bits per heavy atom. The smallest absolute Gasteiger partial charge is 0.240 e. The summed E-state index contributed by atoms with van der Waals surface area (Å²) in [5.74, 6) is -0.621. The fraction of sp³-hybridized carbons (Fsp3) is 0.529. The maximum Gasteiger partial charge on any atom is 0.240 e. The normalized spacial score (nSPS) is 11.5. The summed E-state index contributed by atoms with van der Waals surface area (Å²) in [4.78, 5) is 14.1. The summed E-state index contributed by atoms with van der Waals surface area (Å²) in [6, 6.07) is 7.74. The van der Waals surface area contributed by atoms with Crippen LogP contribution in [0.2, 0.25) is 0 Å². The molecule has 1 atom stereocenters. The molecule has 0 aliphatic rings. The number of amides is 1. The molecule has 1 rings (SSSR count). The van der Waals surface area contributed by atoms with Gasteiger partial charge < -0.3 is 9.64 Å². The van der Waals surface area contributed by atoms with Crippen molar-refractivity contribution < 1.29 is 13.9 Å². The minimum Gasteiger partial charge on any atom is -0.494 e. The van der Waals surface area contributed by atoms with Crippen molar-refractivity contribution in [2.45, 2.75) is 33.1 Å². The average molecular weight is 306 g/mol. The number of ether oxygens (including phenoxy) is 1. The van der Waals surface area contributed by atoms with Crippen molar-refractivity contribution >= 4 is 5.91 Å². The highest BCUT2D eigenvalue weighted by atomic mass is 19.1. The van der Waals surface area contributed by atoms with Gasteiger partial charge in [-0.05, 0) is 37.1 Å². The van der Waals surface area contributed by atoms with Crippen LogP contribution in [0.15, 0.2) is 24.3 Å². The van der Waals surface area contributed by atoms with E-state index in [9.17, 15) is 14.4 Å². The molecule has 0 spiro atoms. The fourth-order valence-corrected chi connectivity index (χ4v) is 2.16. The number of hydrogen-bond donors (Lipinski definition) is 0. The zero-order valence-electron chi connectivity index (χ0n) is 13.2. The van der Waals surface area contributed by atoms with Crippen LogP contribution in [0.3, 0.4) is 0 Å². The Labute approximate surface area is 131 Å². The van der Waals surface area contributed by atoms with Gasteiger partial charge in [0.25, 0.3) is 0 Å². The number of benzene rings is 1. The second-order valence-electron chi connectivity index (χ2n) is 5.10. The number of carbonyl (C=O) groups is 1. The molecule has 0 saturated heterocycles. The molecule has 0 fully saturated rings. The molecule has 0 heterocycles. The van der Waals surface area contributed by atoms with Crippen molar-refractivity contribution in [3.63, 3.8) is 0 Å². The van der Waals surface area contributed by atoms with E-state index in [1.807, 2.05) is 13.8 Å². The van der Waals surface area contributed by atoms with Crippen LogP contribution in [0.4, 0.5) is 4.39 Å². The van der Waals surface area contributed by atoms with Crippen LogP contribution in [0.5, 0.6) is 5.75 Å². The molecule has 0 saturated carbocycles. The number of carbonyl (C=O) groups excluding carboxylic acids is 1. The summed E-state index contributed by atoms with van der Waals surface area (Å²) >= 11 is 0. The first-order valence-corrected chi connectivity index (χ1v) is 7.69. The van der Waals surface area contributed by atoms with Gasteiger partial charge in [0.15, 0.2) is 0 Å². The second-order valence-corrected chi connectivity index (χ2v) is 5.10. The molecule has 0 aliphatic carbocycles. The Morgan fingerprint density at radius 1 is 1.27 bits per heavy atom. The molecular formula is C17H23FN2O2. The van der Waals surface area contributed by atoms with E-state index in [4.69, 9.17) is 4.74 Å². The van der Waals surface area contributed by atoms with E-state index in [2.05, 4.69) is 6.07 Å². The lowest BCUT2D eigenvalue weighted by Crippen LogP contribution is -2.37. The van der Waals surface area contributed by atoms with E-state index in [1.165, 1.54) is 24.3 Å². The topological polar surface area (TPSA) is 53.3 Å². The summed E-state index contributed by atoms with van der Waals surface area (Å²) in [7, 11) is 0. The predicted molar refractivity (Wildman–Crippen MR) is 82.8 cm³/mol. The molecule has 0 aromatic heterocycles. The molecule has 1 amide bonds. The summed E-state index contributed by atoms with van der Waals surface area (Å²) < 4.78 is 18.2. The van der Waals surface area contributed by atoms with Crippen LogP contribution in [0.25, 0.3) is 0 Å². The van der Waals surface area contributed by atoms with E-state index in [1.54, 1.807) is 4.90 Å². The highest BCUT2D eigenvalue weighted by molar-refractivity contribution is 5.81. The van der Waals surface area contributed by atoms with Gasteiger partial charge in [-0.1, -0.05) is 13.8 Å². The van der Waals surface area contributed by atoms with Crippen molar-refractivity contribution in [2.75, 3.05) is 19.7 Å². The van der Waals surface area contributed by atoms with Gasteiger partial charge in [-0.15, -0.1) is 0 Å². The van der Waals surface area contributed by atoms with Gasteiger partial charge in [-0.3, -0.25) is 4.79 Å². The monoisotopic (exact) mass is 306 g/mol. The van der Waals surface area contributed by atoms with Crippen LogP contribution < -0.4 is 4.74 Å². The van der Waals surface area contributed by atoms with E-state index < -0.39 is 5.92 Å². The lowest BCUT2D eigenvalue weighted by molar-refractivity contribution is -0.134. The third-order valence-corrected chi connectivity index (χ3v) is 3.24. The zero-order chi connectivity index (χ0) is 16.4. The Morgan fingerprint density at radius 3 is 2.36 bits per heavy atom. The molecule has 22 heavy (non-hydrogen) atoms. The van der Waals surface area contributed by atoms with Gasteiger partial charge in [0.2, 0.25) is 5.91 Å². The van der Waals surface area contributed by atoms with Crippen LogP contribution >= 0.6 is 0 Å². The van der Waals surface area contributed by atoms with Crippen LogP contribution in [-0.4, -0.2) is 30.5 Å². The van der Waals surface area contributed by atoms with Gasteiger partial charge in [-0.2, -0.15) is 5.26 Å². The highest BCUT2D eigenvalue weighted by Gasteiger charge is 2.23. The van der Waals surface area contributed by atoms with Crippen molar-refractivity contribution in [2.24, 2.45) is 5.92 Å². The van der Waals surface area contributed by atoms with Crippen molar-refractivity contribution in [1.82, 2.24) is 4.90 Å². The maximum absolute atomic E-state index is 12.8. The Balaban J connectivity index is 2.51. The third-order valence-electron chi connectivity index (χ3n) is 3.24. The largest absolute Gasteiger partial charge is 0.494 e. The van der Waals surface area contributed by atoms with Crippen LogP contribution in [0, 0.1) is 23.1 Å². The standard InChI is InChI=1S/C17H23FN2O2/c1-3-10-20(11-4-2)17(21)14(13-19)9-12-22-16-7-5-15(18)6-8-16/h5-8,14H,3-4,9-12H2,1-2H3. The minimum atomic E-state index is -0.696. The molecule has 1 aromatic carbocycles. The summed E-state index contributed by atoms with van der Waals surface area (Å²) in [5, 5.41) is 9.21. The molecule has 120 valence electrons. The van der Waals surface area contributed by atoms with Crippen LogP contribution in [0.1, 0.15) is 33.1 Å². The van der Waals surface area contributed by atoms with Gasteiger partial charge in [0.05, 0.1) is 12.7 Å². The summed E-state index contributed by atoms with van der Waals surface area (Å²) in [6.45, 7) is 5.61. The second kappa shape index (κ2) is 9.78. The SMILES string of the molecule is CCCN(CCC)C(=O)C(C#N)CCOc1ccc(F)cc1. The number of halogens is 1. The van der Waals surface area contributed by atoms with Crippen molar-refractivity contribution in [3.05, 3.63) is 30.1 Å². The highest BCUT2D eigenvalue weighted by Crippen LogP contribution is 2.14. The number of nitriles is 1. The summed E-state index contributed by atoms with van der Waals surface area (Å²) in [5.41, 5.74) is 0. The fourth-order valence-electron chi connectivity index (χ4n) is 2.16.